The lowest BCUT2D eigenvalue weighted by atomic mass is 9.97. The lowest BCUT2D eigenvalue weighted by Crippen LogP contribution is -2.52. The third-order valence-corrected chi connectivity index (χ3v) is 3.84. The van der Waals surface area contributed by atoms with Crippen LogP contribution in [-0.2, 0) is 16.0 Å². The molecular formula is C15H20N2O3. The van der Waals surface area contributed by atoms with Gasteiger partial charge in [0.05, 0.1) is 0 Å². The number of aliphatic carboxylic acids is 1. The standard InChI is InChI=1S/C15H20N2O3/c16-12-5-3-4-11(10-12)6-7-13(18)17-15(14(19)20)8-1-2-9-15/h3-5,10H,1-2,6-9,16H2,(H,17,18)(H,19,20). The molecule has 1 aliphatic rings. The zero-order chi connectivity index (χ0) is 14.6. The molecule has 1 fully saturated rings. The van der Waals surface area contributed by atoms with Crippen LogP contribution in [0.5, 0.6) is 0 Å². The number of carbonyl (C=O) groups is 2. The number of aryl methyl sites for hydroxylation is 1. The molecule has 0 heterocycles. The van der Waals surface area contributed by atoms with Gasteiger partial charge in [-0.05, 0) is 37.0 Å². The molecule has 20 heavy (non-hydrogen) atoms. The van der Waals surface area contributed by atoms with Crippen LogP contribution in [0.3, 0.4) is 0 Å². The molecule has 0 aliphatic heterocycles. The van der Waals surface area contributed by atoms with E-state index in [2.05, 4.69) is 5.32 Å². The first-order valence-corrected chi connectivity index (χ1v) is 6.91. The summed E-state index contributed by atoms with van der Waals surface area (Å²) < 4.78 is 0. The van der Waals surface area contributed by atoms with Crippen molar-refractivity contribution in [2.75, 3.05) is 5.73 Å². The van der Waals surface area contributed by atoms with Crippen molar-refractivity contribution in [1.29, 1.82) is 0 Å². The van der Waals surface area contributed by atoms with Gasteiger partial charge < -0.3 is 16.2 Å². The van der Waals surface area contributed by atoms with Gasteiger partial charge in [0.25, 0.3) is 0 Å². The third kappa shape index (κ3) is 3.29. The number of carboxylic acids is 1. The van der Waals surface area contributed by atoms with E-state index in [1.165, 1.54) is 0 Å². The molecule has 2 rings (SSSR count). The van der Waals surface area contributed by atoms with Crippen LogP contribution in [0.15, 0.2) is 24.3 Å². The first kappa shape index (κ1) is 14.4. The van der Waals surface area contributed by atoms with Crippen molar-refractivity contribution < 1.29 is 14.7 Å². The van der Waals surface area contributed by atoms with E-state index >= 15 is 0 Å². The number of nitrogens with two attached hydrogens (primary N) is 1. The van der Waals surface area contributed by atoms with E-state index in [0.717, 1.165) is 18.4 Å². The van der Waals surface area contributed by atoms with Crippen molar-refractivity contribution in [2.24, 2.45) is 0 Å². The van der Waals surface area contributed by atoms with Crippen LogP contribution < -0.4 is 11.1 Å². The summed E-state index contributed by atoms with van der Waals surface area (Å²) in [5.41, 5.74) is 6.28. The highest BCUT2D eigenvalue weighted by Gasteiger charge is 2.42. The first-order chi connectivity index (χ1) is 9.52. The number of carboxylic acid groups (broad SMARTS) is 1. The fourth-order valence-electron chi connectivity index (χ4n) is 2.71. The second-order valence-electron chi connectivity index (χ2n) is 5.39. The maximum Gasteiger partial charge on any atom is 0.329 e. The fraction of sp³-hybridized carbons (Fsp3) is 0.467. The maximum absolute atomic E-state index is 12.0. The van der Waals surface area contributed by atoms with Crippen molar-refractivity contribution in [3.63, 3.8) is 0 Å². The number of hydrogen-bond donors (Lipinski definition) is 3. The van der Waals surface area contributed by atoms with Gasteiger partial charge in [-0.15, -0.1) is 0 Å². The Labute approximate surface area is 118 Å². The highest BCUT2D eigenvalue weighted by molar-refractivity contribution is 5.87. The summed E-state index contributed by atoms with van der Waals surface area (Å²) in [6.45, 7) is 0. The van der Waals surface area contributed by atoms with Crippen molar-refractivity contribution in [2.45, 2.75) is 44.1 Å². The SMILES string of the molecule is Nc1cccc(CCC(=O)NC2(C(=O)O)CCCC2)c1. The molecule has 0 unspecified atom stereocenters. The van der Waals surface area contributed by atoms with E-state index in [-0.39, 0.29) is 12.3 Å². The molecule has 0 radical (unpaired) electrons. The van der Waals surface area contributed by atoms with Gasteiger partial charge in [0, 0.05) is 12.1 Å². The Morgan fingerprint density at radius 2 is 2.00 bits per heavy atom. The highest BCUT2D eigenvalue weighted by atomic mass is 16.4. The highest BCUT2D eigenvalue weighted by Crippen LogP contribution is 2.30. The van der Waals surface area contributed by atoms with Crippen molar-refractivity contribution in [3.05, 3.63) is 29.8 Å². The zero-order valence-electron chi connectivity index (χ0n) is 11.4. The molecule has 5 nitrogen and oxygen atoms in total. The van der Waals surface area contributed by atoms with Gasteiger partial charge in [-0.25, -0.2) is 4.79 Å². The first-order valence-electron chi connectivity index (χ1n) is 6.91. The van der Waals surface area contributed by atoms with Gasteiger partial charge >= 0.3 is 5.97 Å². The van der Waals surface area contributed by atoms with Crippen LogP contribution in [0.25, 0.3) is 0 Å². The van der Waals surface area contributed by atoms with E-state index in [0.29, 0.717) is 24.9 Å². The van der Waals surface area contributed by atoms with E-state index in [9.17, 15) is 14.7 Å². The number of carbonyl (C=O) groups excluding carboxylic acids is 1. The van der Waals surface area contributed by atoms with E-state index < -0.39 is 11.5 Å². The van der Waals surface area contributed by atoms with Gasteiger partial charge in [-0.1, -0.05) is 25.0 Å². The number of anilines is 1. The Bertz CT molecular complexity index is 508. The monoisotopic (exact) mass is 276 g/mol. The van der Waals surface area contributed by atoms with Crippen LogP contribution >= 0.6 is 0 Å². The molecule has 0 bridgehead atoms. The van der Waals surface area contributed by atoms with Crippen molar-refractivity contribution in [1.82, 2.24) is 5.32 Å². The predicted octanol–water partition coefficient (Wildman–Crippen LogP) is 1.71. The smallest absolute Gasteiger partial charge is 0.329 e. The molecule has 1 aromatic carbocycles. The van der Waals surface area contributed by atoms with Gasteiger partial charge in [-0.2, -0.15) is 0 Å². The Morgan fingerprint density at radius 1 is 1.30 bits per heavy atom. The minimum Gasteiger partial charge on any atom is -0.480 e. The molecule has 4 N–H and O–H groups in total. The number of amides is 1. The summed E-state index contributed by atoms with van der Waals surface area (Å²) >= 11 is 0. The number of nitrogen functional groups attached to an aromatic ring is 1. The van der Waals surface area contributed by atoms with Crippen LogP contribution in [0.2, 0.25) is 0 Å². The number of nitrogens with one attached hydrogen (secondary N) is 1. The Hall–Kier alpha value is -2.04. The Balaban J connectivity index is 1.90. The molecule has 1 aromatic rings. The lowest BCUT2D eigenvalue weighted by Gasteiger charge is -2.25. The lowest BCUT2D eigenvalue weighted by molar-refractivity contribution is -0.147. The quantitative estimate of drug-likeness (QED) is 0.714. The second kappa shape index (κ2) is 5.94. The number of benzene rings is 1. The molecule has 1 aliphatic carbocycles. The molecule has 108 valence electrons. The zero-order valence-corrected chi connectivity index (χ0v) is 11.4. The number of hydrogen-bond acceptors (Lipinski definition) is 3. The minimum absolute atomic E-state index is 0.211. The van der Waals surface area contributed by atoms with Gasteiger partial charge in [0.2, 0.25) is 5.91 Å². The minimum atomic E-state index is -1.05. The second-order valence-corrected chi connectivity index (χ2v) is 5.39. The average Bonchev–Trinajstić information content (AvgIpc) is 2.86. The van der Waals surface area contributed by atoms with Crippen LogP contribution in [0, 0.1) is 0 Å². The third-order valence-electron chi connectivity index (χ3n) is 3.84. The van der Waals surface area contributed by atoms with Crippen LogP contribution in [0.4, 0.5) is 5.69 Å². The van der Waals surface area contributed by atoms with Crippen molar-refractivity contribution >= 4 is 17.6 Å². The molecule has 1 amide bonds. The molecule has 0 aromatic heterocycles. The topological polar surface area (TPSA) is 92.4 Å². The van der Waals surface area contributed by atoms with E-state index in [1.807, 2.05) is 18.2 Å². The van der Waals surface area contributed by atoms with Gasteiger partial charge in [0.1, 0.15) is 5.54 Å². The Morgan fingerprint density at radius 3 is 2.60 bits per heavy atom. The summed E-state index contributed by atoms with van der Waals surface area (Å²) in [6.07, 6.45) is 3.58. The molecule has 0 saturated heterocycles. The normalized spacial score (nSPS) is 16.8. The summed E-state index contributed by atoms with van der Waals surface area (Å²) in [5, 5.41) is 12.0. The molecule has 5 heteroatoms. The summed E-state index contributed by atoms with van der Waals surface area (Å²) in [4.78, 5) is 23.3. The fourth-order valence-corrected chi connectivity index (χ4v) is 2.71. The summed E-state index contributed by atoms with van der Waals surface area (Å²) in [6, 6.07) is 7.38. The van der Waals surface area contributed by atoms with E-state index in [1.54, 1.807) is 6.07 Å². The molecule has 0 atom stereocenters. The van der Waals surface area contributed by atoms with Gasteiger partial charge in [-0.3, -0.25) is 4.79 Å². The summed E-state index contributed by atoms with van der Waals surface area (Å²) in [5.74, 6) is -1.14. The summed E-state index contributed by atoms with van der Waals surface area (Å²) in [7, 11) is 0. The van der Waals surface area contributed by atoms with E-state index in [4.69, 9.17) is 5.73 Å². The largest absolute Gasteiger partial charge is 0.480 e. The predicted molar refractivity (Wildman–Crippen MR) is 76.2 cm³/mol. The van der Waals surface area contributed by atoms with Crippen LogP contribution in [0.1, 0.15) is 37.7 Å². The average molecular weight is 276 g/mol. The maximum atomic E-state index is 12.0. The van der Waals surface area contributed by atoms with Crippen molar-refractivity contribution in [3.8, 4) is 0 Å². The Kier molecular flexibility index (Phi) is 4.27. The molecule has 0 spiro atoms. The molecular weight excluding hydrogens is 256 g/mol. The van der Waals surface area contributed by atoms with Crippen LogP contribution in [-0.4, -0.2) is 22.5 Å². The molecule has 1 saturated carbocycles. The number of rotatable bonds is 5. The van der Waals surface area contributed by atoms with Gasteiger partial charge in [0.15, 0.2) is 0 Å².